The van der Waals surface area contributed by atoms with Crippen LogP contribution in [-0.2, 0) is 4.79 Å². The van der Waals surface area contributed by atoms with Crippen molar-refractivity contribution >= 4 is 17.6 Å². The van der Waals surface area contributed by atoms with E-state index in [0.717, 1.165) is 23.2 Å². The van der Waals surface area contributed by atoms with Gasteiger partial charge in [-0.25, -0.2) is 0 Å². The van der Waals surface area contributed by atoms with Crippen LogP contribution < -0.4 is 5.32 Å². The standard InChI is InChI=1S/C15H15NO2/c17-15(18)5-1-3-12-6-8-13(9-7-12)14-4-2-10-16-11-14/h1-4,6-9,11,16H,5,10H2,(H,17,18)/b3-1+. The second-order valence-electron chi connectivity index (χ2n) is 4.03. The first-order valence-electron chi connectivity index (χ1n) is 5.84. The Hall–Kier alpha value is -2.29. The van der Waals surface area contributed by atoms with Gasteiger partial charge in [0.05, 0.1) is 6.42 Å². The highest BCUT2D eigenvalue weighted by atomic mass is 16.4. The lowest BCUT2D eigenvalue weighted by atomic mass is 10.0. The first-order valence-corrected chi connectivity index (χ1v) is 5.84. The monoisotopic (exact) mass is 241 g/mol. The zero-order valence-corrected chi connectivity index (χ0v) is 9.97. The van der Waals surface area contributed by atoms with E-state index in [2.05, 4.69) is 17.5 Å². The third-order valence-electron chi connectivity index (χ3n) is 2.64. The molecule has 0 aromatic heterocycles. The molecule has 1 aliphatic heterocycles. The Morgan fingerprint density at radius 3 is 2.72 bits per heavy atom. The number of carboxylic acids is 1. The molecule has 1 heterocycles. The van der Waals surface area contributed by atoms with E-state index in [1.165, 1.54) is 0 Å². The molecule has 0 unspecified atom stereocenters. The summed E-state index contributed by atoms with van der Waals surface area (Å²) in [4.78, 5) is 10.4. The van der Waals surface area contributed by atoms with Gasteiger partial charge in [-0.15, -0.1) is 0 Å². The maximum absolute atomic E-state index is 10.4. The molecule has 0 saturated carbocycles. The summed E-state index contributed by atoms with van der Waals surface area (Å²) in [6.45, 7) is 0.875. The second kappa shape index (κ2) is 5.87. The lowest BCUT2D eigenvalue weighted by molar-refractivity contribution is -0.135. The summed E-state index contributed by atoms with van der Waals surface area (Å²) in [5.74, 6) is -0.813. The first kappa shape index (κ1) is 12.2. The smallest absolute Gasteiger partial charge is 0.307 e. The van der Waals surface area contributed by atoms with Crippen molar-refractivity contribution in [1.29, 1.82) is 0 Å². The summed E-state index contributed by atoms with van der Waals surface area (Å²) < 4.78 is 0. The fraction of sp³-hybridized carbons (Fsp3) is 0.133. The predicted molar refractivity (Wildman–Crippen MR) is 72.8 cm³/mol. The molecule has 0 spiro atoms. The molecule has 2 N–H and O–H groups in total. The zero-order valence-electron chi connectivity index (χ0n) is 9.97. The minimum Gasteiger partial charge on any atom is -0.481 e. The number of carbonyl (C=O) groups is 1. The number of aliphatic carboxylic acids is 1. The summed E-state index contributed by atoms with van der Waals surface area (Å²) in [6.07, 6.45) is 9.69. The number of carboxylic acid groups (broad SMARTS) is 1. The molecule has 0 saturated heterocycles. The van der Waals surface area contributed by atoms with Crippen LogP contribution in [0.3, 0.4) is 0 Å². The van der Waals surface area contributed by atoms with Crippen LogP contribution in [0.4, 0.5) is 0 Å². The van der Waals surface area contributed by atoms with Gasteiger partial charge < -0.3 is 10.4 Å². The molecule has 3 heteroatoms. The molecule has 1 aromatic rings. The summed E-state index contributed by atoms with van der Waals surface area (Å²) >= 11 is 0. The van der Waals surface area contributed by atoms with Crippen molar-refractivity contribution in [2.45, 2.75) is 6.42 Å². The van der Waals surface area contributed by atoms with Crippen molar-refractivity contribution in [2.24, 2.45) is 0 Å². The van der Waals surface area contributed by atoms with Crippen LogP contribution in [0.15, 0.2) is 48.7 Å². The van der Waals surface area contributed by atoms with E-state index in [-0.39, 0.29) is 6.42 Å². The molecule has 1 aromatic carbocycles. The van der Waals surface area contributed by atoms with Crippen molar-refractivity contribution < 1.29 is 9.90 Å². The van der Waals surface area contributed by atoms with Gasteiger partial charge in [0, 0.05) is 12.7 Å². The zero-order chi connectivity index (χ0) is 12.8. The third-order valence-corrected chi connectivity index (χ3v) is 2.64. The van der Waals surface area contributed by atoms with E-state index in [0.29, 0.717) is 0 Å². The molecular formula is C15H15NO2. The van der Waals surface area contributed by atoms with Crippen LogP contribution in [0.1, 0.15) is 17.5 Å². The SMILES string of the molecule is O=C(O)C/C=C/c1ccc(C2=CNCC=C2)cc1. The maximum Gasteiger partial charge on any atom is 0.307 e. The van der Waals surface area contributed by atoms with E-state index in [9.17, 15) is 4.79 Å². The van der Waals surface area contributed by atoms with Gasteiger partial charge in [0.1, 0.15) is 0 Å². The fourth-order valence-corrected chi connectivity index (χ4v) is 1.73. The van der Waals surface area contributed by atoms with Gasteiger partial charge in [-0.2, -0.15) is 0 Å². The summed E-state index contributed by atoms with van der Waals surface area (Å²) in [7, 11) is 0. The number of dihydropyridines is 1. The van der Waals surface area contributed by atoms with Crippen LogP contribution in [0.5, 0.6) is 0 Å². The van der Waals surface area contributed by atoms with E-state index >= 15 is 0 Å². The van der Waals surface area contributed by atoms with Gasteiger partial charge in [-0.1, -0.05) is 48.6 Å². The van der Waals surface area contributed by atoms with Crippen LogP contribution in [0.2, 0.25) is 0 Å². The molecule has 18 heavy (non-hydrogen) atoms. The summed E-state index contributed by atoms with van der Waals surface area (Å²) in [5.41, 5.74) is 3.31. The molecule has 2 rings (SSSR count). The Labute approximate surface area is 106 Å². The maximum atomic E-state index is 10.4. The first-order chi connectivity index (χ1) is 8.75. The molecule has 1 aliphatic rings. The Morgan fingerprint density at radius 1 is 1.33 bits per heavy atom. The number of allylic oxidation sites excluding steroid dienone is 2. The molecular weight excluding hydrogens is 226 g/mol. The summed E-state index contributed by atoms with van der Waals surface area (Å²) in [6, 6.07) is 8.03. The molecule has 0 radical (unpaired) electrons. The van der Waals surface area contributed by atoms with E-state index in [1.807, 2.05) is 36.5 Å². The Balaban J connectivity index is 2.05. The fourth-order valence-electron chi connectivity index (χ4n) is 1.73. The Kier molecular flexibility index (Phi) is 3.97. The number of nitrogens with one attached hydrogen (secondary N) is 1. The third kappa shape index (κ3) is 3.35. The molecule has 0 amide bonds. The van der Waals surface area contributed by atoms with Crippen LogP contribution >= 0.6 is 0 Å². The quantitative estimate of drug-likeness (QED) is 0.852. The van der Waals surface area contributed by atoms with Crippen molar-refractivity contribution in [3.63, 3.8) is 0 Å². The molecule has 92 valence electrons. The van der Waals surface area contributed by atoms with Crippen LogP contribution in [-0.4, -0.2) is 17.6 Å². The molecule has 0 atom stereocenters. The Morgan fingerprint density at radius 2 is 2.11 bits per heavy atom. The topological polar surface area (TPSA) is 49.3 Å². The van der Waals surface area contributed by atoms with Gasteiger partial charge in [-0.3, -0.25) is 4.79 Å². The van der Waals surface area contributed by atoms with Gasteiger partial charge in [0.2, 0.25) is 0 Å². The number of rotatable bonds is 4. The van der Waals surface area contributed by atoms with Crippen LogP contribution in [0.25, 0.3) is 11.6 Å². The predicted octanol–water partition coefficient (Wildman–Crippen LogP) is 2.67. The lowest BCUT2D eigenvalue weighted by Crippen LogP contribution is -2.08. The van der Waals surface area contributed by atoms with Crippen LogP contribution in [0, 0.1) is 0 Å². The van der Waals surface area contributed by atoms with Crippen molar-refractivity contribution in [1.82, 2.24) is 5.32 Å². The summed E-state index contributed by atoms with van der Waals surface area (Å²) in [5, 5.41) is 11.7. The van der Waals surface area contributed by atoms with E-state index in [4.69, 9.17) is 5.11 Å². The van der Waals surface area contributed by atoms with Gasteiger partial charge in [0.25, 0.3) is 0 Å². The molecule has 0 fully saturated rings. The highest BCUT2D eigenvalue weighted by Gasteiger charge is 2.00. The largest absolute Gasteiger partial charge is 0.481 e. The average molecular weight is 241 g/mol. The molecule has 0 aliphatic carbocycles. The second-order valence-corrected chi connectivity index (χ2v) is 4.03. The number of hydrogen-bond acceptors (Lipinski definition) is 2. The van der Waals surface area contributed by atoms with Crippen molar-refractivity contribution in [3.05, 3.63) is 59.8 Å². The van der Waals surface area contributed by atoms with E-state index < -0.39 is 5.97 Å². The Bertz CT molecular complexity index is 510. The molecule has 3 nitrogen and oxygen atoms in total. The highest BCUT2D eigenvalue weighted by Crippen LogP contribution is 2.18. The van der Waals surface area contributed by atoms with Gasteiger partial charge >= 0.3 is 5.97 Å². The number of hydrogen-bond donors (Lipinski definition) is 2. The minimum atomic E-state index is -0.813. The highest BCUT2D eigenvalue weighted by molar-refractivity contribution is 5.75. The average Bonchev–Trinajstić information content (AvgIpc) is 2.40. The van der Waals surface area contributed by atoms with E-state index in [1.54, 1.807) is 6.08 Å². The normalized spacial score (nSPS) is 14.3. The van der Waals surface area contributed by atoms with Crippen molar-refractivity contribution in [2.75, 3.05) is 6.54 Å². The van der Waals surface area contributed by atoms with Crippen molar-refractivity contribution in [3.8, 4) is 0 Å². The molecule has 0 bridgehead atoms. The lowest BCUT2D eigenvalue weighted by Gasteiger charge is -2.08. The minimum absolute atomic E-state index is 0.0551. The number of benzene rings is 1. The van der Waals surface area contributed by atoms with Gasteiger partial charge in [-0.05, 0) is 16.7 Å². The van der Waals surface area contributed by atoms with Gasteiger partial charge in [0.15, 0.2) is 0 Å².